The van der Waals surface area contributed by atoms with Crippen LogP contribution in [0.1, 0.15) is 5.56 Å². The van der Waals surface area contributed by atoms with Gasteiger partial charge in [-0.3, -0.25) is 0 Å². The normalized spacial score (nSPS) is 13.0. The second kappa shape index (κ2) is 5.39. The molecule has 0 radical (unpaired) electrons. The number of benzene rings is 4. The van der Waals surface area contributed by atoms with Crippen molar-refractivity contribution < 1.29 is 0 Å². The molecular formula is C24H15N3. The van der Waals surface area contributed by atoms with Gasteiger partial charge >= 0.3 is 0 Å². The first-order valence-electron chi connectivity index (χ1n) is 9.03. The summed E-state index contributed by atoms with van der Waals surface area (Å²) in [5, 5.41) is 8.15. The third-order valence-corrected chi connectivity index (χ3v) is 5.18. The van der Waals surface area contributed by atoms with Gasteiger partial charge in [-0.15, -0.1) is 0 Å². The lowest BCUT2D eigenvalue weighted by molar-refractivity contribution is 1.46. The Balaban J connectivity index is 1.63. The molecule has 2 heterocycles. The van der Waals surface area contributed by atoms with Gasteiger partial charge in [0.05, 0.1) is 16.7 Å². The number of anilines is 1. The van der Waals surface area contributed by atoms with Gasteiger partial charge in [-0.05, 0) is 35.7 Å². The van der Waals surface area contributed by atoms with Crippen LogP contribution in [0.15, 0.2) is 89.9 Å². The lowest BCUT2D eigenvalue weighted by atomic mass is 10.0. The van der Waals surface area contributed by atoms with Gasteiger partial charge in [0.25, 0.3) is 0 Å². The zero-order chi connectivity index (χ0) is 17.8. The van der Waals surface area contributed by atoms with Crippen molar-refractivity contribution in [2.45, 2.75) is 0 Å². The number of amidine groups is 1. The third kappa shape index (κ3) is 2.15. The average Bonchev–Trinajstić information content (AvgIpc) is 2.72. The predicted molar refractivity (Wildman–Crippen MR) is 113 cm³/mol. The fourth-order valence-electron chi connectivity index (χ4n) is 3.93. The topological polar surface area (TPSA) is 37.3 Å². The molecule has 27 heavy (non-hydrogen) atoms. The van der Waals surface area contributed by atoms with Crippen molar-refractivity contribution in [2.24, 2.45) is 4.99 Å². The van der Waals surface area contributed by atoms with Gasteiger partial charge in [0.1, 0.15) is 5.84 Å². The summed E-state index contributed by atoms with van der Waals surface area (Å²) in [5.41, 5.74) is 5.15. The Morgan fingerprint density at radius 3 is 2.41 bits per heavy atom. The maximum absolute atomic E-state index is 4.94. The Labute approximate surface area is 156 Å². The van der Waals surface area contributed by atoms with Crippen LogP contribution >= 0.6 is 0 Å². The molecule has 0 saturated heterocycles. The van der Waals surface area contributed by atoms with Gasteiger partial charge in [-0.1, -0.05) is 54.6 Å². The monoisotopic (exact) mass is 345 g/mol. The maximum Gasteiger partial charge on any atom is 0.139 e. The SMILES string of the molecule is c1ccc2nc3cccc(C4=Nc5cccc6cccc(c56)N4)c3cc2c1. The van der Waals surface area contributed by atoms with E-state index in [9.17, 15) is 0 Å². The fraction of sp³-hybridized carbons (Fsp3) is 0. The summed E-state index contributed by atoms with van der Waals surface area (Å²) in [4.78, 5) is 9.78. The molecule has 3 nitrogen and oxygen atoms in total. The molecule has 1 aliphatic rings. The summed E-state index contributed by atoms with van der Waals surface area (Å²) in [5.74, 6) is 0.865. The van der Waals surface area contributed by atoms with Gasteiger partial charge in [0, 0.05) is 27.4 Å². The number of nitrogens with zero attached hydrogens (tertiary/aromatic N) is 2. The van der Waals surface area contributed by atoms with Crippen molar-refractivity contribution >= 4 is 49.8 Å². The molecule has 1 aromatic heterocycles. The van der Waals surface area contributed by atoms with E-state index >= 15 is 0 Å². The lowest BCUT2D eigenvalue weighted by Crippen LogP contribution is -2.16. The van der Waals surface area contributed by atoms with Crippen molar-refractivity contribution in [3.63, 3.8) is 0 Å². The minimum absolute atomic E-state index is 0.865. The van der Waals surface area contributed by atoms with Crippen molar-refractivity contribution in [3.8, 4) is 0 Å². The zero-order valence-electron chi connectivity index (χ0n) is 14.5. The first-order chi connectivity index (χ1) is 13.4. The minimum atomic E-state index is 0.865. The van der Waals surface area contributed by atoms with Gasteiger partial charge in [0.15, 0.2) is 0 Å². The molecular weight excluding hydrogens is 330 g/mol. The number of aromatic nitrogens is 1. The van der Waals surface area contributed by atoms with E-state index in [1.54, 1.807) is 0 Å². The number of hydrogen-bond acceptors (Lipinski definition) is 3. The van der Waals surface area contributed by atoms with Crippen LogP contribution in [0.5, 0.6) is 0 Å². The molecule has 0 bridgehead atoms. The van der Waals surface area contributed by atoms with Crippen LogP contribution in [-0.4, -0.2) is 10.8 Å². The maximum atomic E-state index is 4.94. The highest BCUT2D eigenvalue weighted by atomic mass is 15.0. The quantitative estimate of drug-likeness (QED) is 0.376. The molecule has 1 N–H and O–H groups in total. The average molecular weight is 345 g/mol. The fourth-order valence-corrected chi connectivity index (χ4v) is 3.93. The first-order valence-corrected chi connectivity index (χ1v) is 9.03. The van der Waals surface area contributed by atoms with Crippen LogP contribution in [-0.2, 0) is 0 Å². The molecule has 0 amide bonds. The minimum Gasteiger partial charge on any atom is -0.339 e. The second-order valence-corrected chi connectivity index (χ2v) is 6.82. The van der Waals surface area contributed by atoms with Gasteiger partial charge in [-0.25, -0.2) is 9.98 Å². The first kappa shape index (κ1) is 14.4. The number of nitrogens with one attached hydrogen (secondary N) is 1. The number of fused-ring (bicyclic) bond motifs is 2. The zero-order valence-corrected chi connectivity index (χ0v) is 14.5. The van der Waals surface area contributed by atoms with E-state index < -0.39 is 0 Å². The molecule has 0 unspecified atom stereocenters. The summed E-state index contributed by atoms with van der Waals surface area (Å²) in [6.45, 7) is 0. The number of aliphatic imine (C=N–C) groups is 1. The second-order valence-electron chi connectivity index (χ2n) is 6.82. The van der Waals surface area contributed by atoms with Gasteiger partial charge in [-0.2, -0.15) is 0 Å². The van der Waals surface area contributed by atoms with E-state index in [0.717, 1.165) is 44.6 Å². The van der Waals surface area contributed by atoms with Gasteiger partial charge < -0.3 is 5.32 Å². The lowest BCUT2D eigenvalue weighted by Gasteiger charge is -2.20. The number of para-hydroxylation sites is 1. The van der Waals surface area contributed by atoms with E-state index in [0.29, 0.717) is 0 Å². The molecule has 0 spiro atoms. The third-order valence-electron chi connectivity index (χ3n) is 5.18. The molecule has 1 aliphatic heterocycles. The van der Waals surface area contributed by atoms with E-state index in [2.05, 4.69) is 72.0 Å². The number of pyridine rings is 1. The predicted octanol–water partition coefficient (Wildman–Crippen LogP) is 6.05. The summed E-state index contributed by atoms with van der Waals surface area (Å²) >= 11 is 0. The van der Waals surface area contributed by atoms with Crippen LogP contribution in [0.25, 0.3) is 32.6 Å². The van der Waals surface area contributed by atoms with Crippen LogP contribution in [0.3, 0.4) is 0 Å². The van der Waals surface area contributed by atoms with E-state index in [1.165, 1.54) is 10.8 Å². The van der Waals surface area contributed by atoms with Crippen molar-refractivity contribution in [1.29, 1.82) is 0 Å². The molecule has 0 fully saturated rings. The summed E-state index contributed by atoms with van der Waals surface area (Å²) < 4.78 is 0. The largest absolute Gasteiger partial charge is 0.339 e. The van der Waals surface area contributed by atoms with Crippen LogP contribution < -0.4 is 5.32 Å². The Kier molecular flexibility index (Phi) is 2.88. The highest BCUT2D eigenvalue weighted by Crippen LogP contribution is 2.37. The molecule has 0 atom stereocenters. The Morgan fingerprint density at radius 1 is 0.667 bits per heavy atom. The van der Waals surface area contributed by atoms with E-state index in [4.69, 9.17) is 9.98 Å². The molecule has 5 aromatic rings. The van der Waals surface area contributed by atoms with Crippen molar-refractivity contribution in [2.75, 3.05) is 5.32 Å². The standard InChI is InChI=1S/C24H15N3/c1-2-10-19-16(6-1)14-18-17(9-5-11-20(18)25-19)24-26-21-12-3-7-15-8-4-13-22(27-24)23(15)21/h1-14H,(H,26,27). The molecule has 0 saturated carbocycles. The molecule has 126 valence electrons. The molecule has 4 aromatic carbocycles. The summed E-state index contributed by atoms with van der Waals surface area (Å²) in [6.07, 6.45) is 0. The Morgan fingerprint density at radius 2 is 1.44 bits per heavy atom. The van der Waals surface area contributed by atoms with E-state index in [1.807, 2.05) is 18.2 Å². The molecule has 3 heteroatoms. The molecule has 0 aliphatic carbocycles. The van der Waals surface area contributed by atoms with Crippen molar-refractivity contribution in [1.82, 2.24) is 4.98 Å². The molecule has 6 rings (SSSR count). The number of rotatable bonds is 1. The summed E-state index contributed by atoms with van der Waals surface area (Å²) in [7, 11) is 0. The number of hydrogen-bond donors (Lipinski definition) is 1. The Hall–Kier alpha value is -3.72. The highest BCUT2D eigenvalue weighted by Gasteiger charge is 2.17. The highest BCUT2D eigenvalue weighted by molar-refractivity contribution is 6.23. The van der Waals surface area contributed by atoms with Crippen molar-refractivity contribution in [3.05, 3.63) is 90.5 Å². The van der Waals surface area contributed by atoms with E-state index in [-0.39, 0.29) is 0 Å². The Bertz CT molecular complexity index is 1390. The summed E-state index contributed by atoms with van der Waals surface area (Å²) in [6, 6.07) is 29.2. The van der Waals surface area contributed by atoms with Crippen LogP contribution in [0, 0.1) is 0 Å². The van der Waals surface area contributed by atoms with Gasteiger partial charge in [0.2, 0.25) is 0 Å². The van der Waals surface area contributed by atoms with Crippen LogP contribution in [0.2, 0.25) is 0 Å². The van der Waals surface area contributed by atoms with Crippen LogP contribution in [0.4, 0.5) is 11.4 Å². The smallest absolute Gasteiger partial charge is 0.139 e.